The fraction of sp³-hybridized carbons (Fsp3) is 0.520. The lowest BCUT2D eigenvalue weighted by Gasteiger charge is -2.39. The Hall–Kier alpha value is -1.93. The van der Waals surface area contributed by atoms with Crippen LogP contribution in [0.1, 0.15) is 43.7 Å². The Balaban J connectivity index is 1.30. The van der Waals surface area contributed by atoms with E-state index in [0.29, 0.717) is 24.9 Å². The van der Waals surface area contributed by atoms with Crippen LogP contribution >= 0.6 is 0 Å². The number of benzene rings is 2. The van der Waals surface area contributed by atoms with E-state index < -0.39 is 22.0 Å². The van der Waals surface area contributed by atoms with Crippen molar-refractivity contribution >= 4 is 10.1 Å². The maximum atomic E-state index is 12.3. The van der Waals surface area contributed by atoms with Crippen LogP contribution in [0.5, 0.6) is 5.75 Å². The van der Waals surface area contributed by atoms with Gasteiger partial charge in [0.15, 0.2) is 5.79 Å². The molecule has 1 aliphatic carbocycles. The van der Waals surface area contributed by atoms with E-state index in [9.17, 15) is 8.42 Å². The van der Waals surface area contributed by atoms with Crippen molar-refractivity contribution in [2.75, 3.05) is 19.8 Å². The highest BCUT2D eigenvalue weighted by Crippen LogP contribution is 2.42. The summed E-state index contributed by atoms with van der Waals surface area (Å²) < 4.78 is 47.8. The first-order chi connectivity index (χ1) is 15.4. The van der Waals surface area contributed by atoms with Gasteiger partial charge in [0.05, 0.1) is 18.1 Å². The average molecular weight is 461 g/mol. The minimum Gasteiger partial charge on any atom is -0.488 e. The smallest absolute Gasteiger partial charge is 0.297 e. The van der Waals surface area contributed by atoms with Crippen LogP contribution in [0.3, 0.4) is 0 Å². The van der Waals surface area contributed by atoms with E-state index in [2.05, 4.69) is 12.1 Å². The van der Waals surface area contributed by atoms with Crippen molar-refractivity contribution in [3.8, 4) is 5.75 Å². The Bertz CT molecular complexity index is 978. The van der Waals surface area contributed by atoms with Gasteiger partial charge in [0, 0.05) is 12.3 Å². The molecule has 0 bridgehead atoms. The zero-order valence-corrected chi connectivity index (χ0v) is 19.6. The van der Waals surface area contributed by atoms with Gasteiger partial charge in [-0.25, -0.2) is 0 Å². The van der Waals surface area contributed by atoms with E-state index in [1.807, 2.05) is 19.1 Å². The highest BCUT2D eigenvalue weighted by atomic mass is 32.2. The monoisotopic (exact) mass is 460 g/mol. The number of rotatable bonds is 8. The molecule has 0 aromatic heterocycles. The van der Waals surface area contributed by atoms with Crippen LogP contribution in [0, 0.1) is 12.8 Å². The zero-order valence-electron chi connectivity index (χ0n) is 18.8. The van der Waals surface area contributed by atoms with Crippen LogP contribution in [-0.2, 0) is 30.2 Å². The van der Waals surface area contributed by atoms with Crippen molar-refractivity contribution in [2.24, 2.45) is 5.92 Å². The molecule has 1 spiro atoms. The maximum absolute atomic E-state index is 12.3. The molecule has 2 aromatic carbocycles. The first-order valence-corrected chi connectivity index (χ1v) is 12.8. The van der Waals surface area contributed by atoms with Crippen molar-refractivity contribution in [1.29, 1.82) is 0 Å². The molecular weight excluding hydrogens is 428 g/mol. The molecule has 1 heterocycles. The third kappa shape index (κ3) is 5.52. The quantitative estimate of drug-likeness (QED) is 0.535. The second kappa shape index (κ2) is 9.91. The minimum absolute atomic E-state index is 0.0583. The summed E-state index contributed by atoms with van der Waals surface area (Å²) in [7, 11) is -3.80. The van der Waals surface area contributed by atoms with Crippen LogP contribution in [0.2, 0.25) is 0 Å². The minimum atomic E-state index is -3.80. The van der Waals surface area contributed by atoms with E-state index in [1.54, 1.807) is 31.2 Å². The van der Waals surface area contributed by atoms with Crippen LogP contribution in [0.15, 0.2) is 53.4 Å². The summed E-state index contributed by atoms with van der Waals surface area (Å²) in [6.07, 6.45) is 4.95. The molecule has 1 aliphatic heterocycles. The summed E-state index contributed by atoms with van der Waals surface area (Å²) in [4.78, 5) is 0.148. The lowest BCUT2D eigenvalue weighted by Crippen LogP contribution is -2.42. The summed E-state index contributed by atoms with van der Waals surface area (Å²) in [6.45, 7) is 5.00. The van der Waals surface area contributed by atoms with Crippen molar-refractivity contribution in [1.82, 2.24) is 0 Å². The Morgan fingerprint density at radius 1 is 1.03 bits per heavy atom. The molecule has 1 saturated heterocycles. The molecule has 174 valence electrons. The van der Waals surface area contributed by atoms with Gasteiger partial charge < -0.3 is 14.2 Å². The Morgan fingerprint density at radius 2 is 1.72 bits per heavy atom. The standard InChI is InChI=1S/C25H32O6S/c1-19-6-12-24(13-7-19)32(26,27)30-18-20(2)31-23-10-8-21(9-11-23)17-22-5-3-4-14-25(22)28-15-16-29-25/h6-13,20,22H,3-5,14-18H2,1-2H3/t20-,22?/m1/s1. The molecule has 7 heteroatoms. The zero-order chi connectivity index (χ0) is 22.6. The highest BCUT2D eigenvalue weighted by Gasteiger charge is 2.45. The Labute approximate surface area is 191 Å². The van der Waals surface area contributed by atoms with Gasteiger partial charge in [-0.2, -0.15) is 8.42 Å². The fourth-order valence-corrected chi connectivity index (χ4v) is 5.48. The summed E-state index contributed by atoms with van der Waals surface area (Å²) in [5, 5.41) is 0. The van der Waals surface area contributed by atoms with E-state index in [1.165, 1.54) is 12.0 Å². The van der Waals surface area contributed by atoms with E-state index in [0.717, 1.165) is 31.2 Å². The largest absolute Gasteiger partial charge is 0.488 e. The summed E-state index contributed by atoms with van der Waals surface area (Å²) in [6, 6.07) is 14.6. The number of hydrogen-bond donors (Lipinski definition) is 0. The Kier molecular flexibility index (Phi) is 7.20. The van der Waals surface area contributed by atoms with Gasteiger partial charge in [-0.3, -0.25) is 4.18 Å². The molecule has 2 fully saturated rings. The van der Waals surface area contributed by atoms with Gasteiger partial charge in [-0.15, -0.1) is 0 Å². The third-order valence-electron chi connectivity index (χ3n) is 6.24. The predicted molar refractivity (Wildman–Crippen MR) is 121 cm³/mol. The second-order valence-electron chi connectivity index (χ2n) is 8.78. The van der Waals surface area contributed by atoms with E-state index >= 15 is 0 Å². The molecule has 1 unspecified atom stereocenters. The molecule has 6 nitrogen and oxygen atoms in total. The molecular formula is C25H32O6S. The van der Waals surface area contributed by atoms with Gasteiger partial charge >= 0.3 is 0 Å². The van der Waals surface area contributed by atoms with E-state index in [4.69, 9.17) is 18.4 Å². The molecule has 2 aliphatic rings. The summed E-state index contributed by atoms with van der Waals surface area (Å²) in [5.41, 5.74) is 2.21. The molecule has 4 rings (SSSR count). The molecule has 1 saturated carbocycles. The van der Waals surface area contributed by atoms with Crippen LogP contribution in [0.25, 0.3) is 0 Å². The SMILES string of the molecule is Cc1ccc(S(=O)(=O)OC[C@@H](C)Oc2ccc(CC3CCCCC34OCCO4)cc2)cc1. The van der Waals surface area contributed by atoms with Crippen LogP contribution < -0.4 is 4.74 Å². The van der Waals surface area contributed by atoms with Crippen LogP contribution in [0.4, 0.5) is 0 Å². The topological polar surface area (TPSA) is 71.1 Å². The van der Waals surface area contributed by atoms with Gasteiger partial charge in [0.1, 0.15) is 18.5 Å². The molecule has 32 heavy (non-hydrogen) atoms. The fourth-order valence-electron chi connectivity index (χ4n) is 4.51. The van der Waals surface area contributed by atoms with Gasteiger partial charge in [0.25, 0.3) is 10.1 Å². The molecule has 0 radical (unpaired) electrons. The Morgan fingerprint density at radius 3 is 2.41 bits per heavy atom. The normalized spacial score (nSPS) is 21.5. The van der Waals surface area contributed by atoms with Crippen molar-refractivity contribution in [2.45, 2.75) is 62.7 Å². The molecule has 0 amide bonds. The van der Waals surface area contributed by atoms with Crippen molar-refractivity contribution < 1.29 is 26.8 Å². The summed E-state index contributed by atoms with van der Waals surface area (Å²) in [5.74, 6) is 0.650. The van der Waals surface area contributed by atoms with Gasteiger partial charge in [0.2, 0.25) is 0 Å². The lowest BCUT2D eigenvalue weighted by atomic mass is 9.79. The predicted octanol–water partition coefficient (Wildman–Crippen LogP) is 4.64. The lowest BCUT2D eigenvalue weighted by molar-refractivity contribution is -0.212. The van der Waals surface area contributed by atoms with Crippen LogP contribution in [-0.4, -0.2) is 40.1 Å². The first kappa shape index (κ1) is 23.2. The molecule has 2 atom stereocenters. The van der Waals surface area contributed by atoms with Crippen molar-refractivity contribution in [3.63, 3.8) is 0 Å². The van der Waals surface area contributed by atoms with Crippen molar-refractivity contribution in [3.05, 3.63) is 59.7 Å². The third-order valence-corrected chi connectivity index (χ3v) is 7.53. The highest BCUT2D eigenvalue weighted by molar-refractivity contribution is 7.86. The number of aryl methyl sites for hydroxylation is 1. The molecule has 0 N–H and O–H groups in total. The maximum Gasteiger partial charge on any atom is 0.297 e. The number of hydrogen-bond acceptors (Lipinski definition) is 6. The second-order valence-corrected chi connectivity index (χ2v) is 10.4. The van der Waals surface area contributed by atoms with E-state index in [-0.39, 0.29) is 11.5 Å². The number of ether oxygens (including phenoxy) is 3. The first-order valence-electron chi connectivity index (χ1n) is 11.4. The van der Waals surface area contributed by atoms with Gasteiger partial charge in [-0.05, 0) is 62.9 Å². The summed E-state index contributed by atoms with van der Waals surface area (Å²) >= 11 is 0. The van der Waals surface area contributed by atoms with Gasteiger partial charge in [-0.1, -0.05) is 36.2 Å². The molecule has 2 aromatic rings. The average Bonchev–Trinajstić information content (AvgIpc) is 3.25.